The van der Waals surface area contributed by atoms with Gasteiger partial charge in [-0.15, -0.1) is 13.2 Å². The van der Waals surface area contributed by atoms with Gasteiger partial charge in [-0.3, -0.25) is 9.59 Å². The highest BCUT2D eigenvalue weighted by molar-refractivity contribution is 5.80. The Morgan fingerprint density at radius 3 is 1.41 bits per heavy atom. The van der Waals surface area contributed by atoms with Crippen molar-refractivity contribution in [2.45, 2.75) is 51.1 Å². The number of fused-ring (bicyclic) bond motifs is 2. The highest BCUT2D eigenvalue weighted by Gasteiger charge is 2.37. The van der Waals surface area contributed by atoms with E-state index in [1.165, 1.54) is 36.4 Å². The predicted molar refractivity (Wildman–Crippen MR) is 227 cm³/mol. The number of pyridine rings is 2. The molecule has 6 rings (SSSR count). The predicted octanol–water partition coefficient (Wildman–Crippen LogP) is 9.16. The van der Waals surface area contributed by atoms with E-state index in [0.717, 1.165) is 32.9 Å². The van der Waals surface area contributed by atoms with Gasteiger partial charge in [-0.25, -0.2) is 8.78 Å². The van der Waals surface area contributed by atoms with Gasteiger partial charge in [-0.2, -0.15) is 0 Å². The quantitative estimate of drug-likeness (QED) is 0.0712. The molecule has 2 unspecified atom stereocenters. The molecule has 0 aliphatic heterocycles. The fraction of sp³-hybridized carbons (Fsp3) is 0.292. The van der Waals surface area contributed by atoms with Gasteiger partial charge in [0.15, 0.2) is 0 Å². The van der Waals surface area contributed by atoms with Gasteiger partial charge in [0.25, 0.3) is 11.1 Å². The van der Waals surface area contributed by atoms with E-state index in [1.54, 1.807) is 59.6 Å². The van der Waals surface area contributed by atoms with Crippen LogP contribution in [0.25, 0.3) is 21.8 Å². The molecular weight excluding hydrogens is 755 g/mol. The van der Waals surface area contributed by atoms with Crippen LogP contribution in [0.4, 0.5) is 8.78 Å². The number of aromatic nitrogens is 2. The third-order valence-electron chi connectivity index (χ3n) is 10.8. The van der Waals surface area contributed by atoms with E-state index >= 15 is 8.78 Å². The van der Waals surface area contributed by atoms with Crippen molar-refractivity contribution in [1.29, 1.82) is 0 Å². The molecule has 0 fully saturated rings. The zero-order chi connectivity index (χ0) is 42.2. The number of hydrogen-bond acceptors (Lipinski definition) is 7. The summed E-state index contributed by atoms with van der Waals surface area (Å²) in [7, 11) is 3.44. The van der Waals surface area contributed by atoms with Crippen molar-refractivity contribution in [2.75, 3.05) is 26.4 Å². The summed E-state index contributed by atoms with van der Waals surface area (Å²) in [6.45, 7) is 12.1. The average Bonchev–Trinajstić information content (AvgIpc) is 3.24. The van der Waals surface area contributed by atoms with Crippen LogP contribution in [-0.4, -0.2) is 35.6 Å². The Labute approximate surface area is 342 Å². The first kappa shape index (κ1) is 42.7. The highest BCUT2D eigenvalue weighted by Crippen LogP contribution is 2.37. The lowest BCUT2D eigenvalue weighted by Crippen LogP contribution is -2.40. The third-order valence-corrected chi connectivity index (χ3v) is 10.8. The largest absolute Gasteiger partial charge is 0.489 e. The molecular formula is C48H50F2N2O7. The summed E-state index contributed by atoms with van der Waals surface area (Å²) in [5.41, 5.74) is 1.86. The zero-order valence-electron chi connectivity index (χ0n) is 34.0. The Balaban J connectivity index is 1.22. The lowest BCUT2D eigenvalue weighted by molar-refractivity contribution is -0.143. The first-order valence-corrected chi connectivity index (χ1v) is 19.6. The second-order valence-electron chi connectivity index (χ2n) is 14.6. The number of aryl methyl sites for hydroxylation is 2. The Kier molecular flexibility index (Phi) is 13.6. The Hall–Kier alpha value is -5.88. The molecule has 9 nitrogen and oxygen atoms in total. The Bertz CT molecular complexity index is 2410. The molecule has 0 radical (unpaired) electrons. The highest BCUT2D eigenvalue weighted by atomic mass is 19.1. The summed E-state index contributed by atoms with van der Waals surface area (Å²) in [4.78, 5) is 24.1. The second-order valence-corrected chi connectivity index (χ2v) is 14.6. The van der Waals surface area contributed by atoms with Crippen LogP contribution in [0.2, 0.25) is 0 Å². The van der Waals surface area contributed by atoms with Crippen molar-refractivity contribution >= 4 is 21.8 Å². The lowest BCUT2D eigenvalue weighted by atomic mass is 9.89. The monoisotopic (exact) mass is 804 g/mol. The first-order valence-electron chi connectivity index (χ1n) is 19.6. The lowest BCUT2D eigenvalue weighted by Gasteiger charge is -2.37. The summed E-state index contributed by atoms with van der Waals surface area (Å²) >= 11 is 0. The van der Waals surface area contributed by atoms with Crippen LogP contribution in [-0.2, 0) is 52.7 Å². The van der Waals surface area contributed by atoms with Crippen LogP contribution < -0.4 is 20.6 Å². The summed E-state index contributed by atoms with van der Waals surface area (Å²) in [6.07, 6.45) is 4.05. The van der Waals surface area contributed by atoms with Crippen molar-refractivity contribution in [1.82, 2.24) is 9.13 Å². The van der Waals surface area contributed by atoms with Gasteiger partial charge in [0, 0.05) is 38.4 Å². The first-order chi connectivity index (χ1) is 28.4. The molecule has 0 bridgehead atoms. The molecule has 0 aliphatic rings. The van der Waals surface area contributed by atoms with Crippen LogP contribution in [0, 0.1) is 11.6 Å². The maximum Gasteiger partial charge on any atom is 0.250 e. The standard InChI is InChI=1S/C48H50F2N2O7/c1-7-19-58-47(9-3,37-23-39(49)27-41(25-37)56-29-33-11-15-43-35(21-33)13-17-45(53)51(43)5)31-55-32-48(10-4,59-20-8-2)38-24-40(50)28-42(26-38)57-30-34-12-16-44-36(22-34)14-18-46(54)52(44)6/h7-8,11-18,21-28H,1-2,9-10,19-20,29-32H2,3-6H3. The minimum atomic E-state index is -1.12. The molecule has 0 N–H and O–H groups in total. The fourth-order valence-corrected chi connectivity index (χ4v) is 7.25. The van der Waals surface area contributed by atoms with E-state index < -0.39 is 22.8 Å². The van der Waals surface area contributed by atoms with Crippen LogP contribution >= 0.6 is 0 Å². The molecule has 0 aliphatic carbocycles. The van der Waals surface area contributed by atoms with Gasteiger partial charge in [0.2, 0.25) is 0 Å². The molecule has 2 atom stereocenters. The third kappa shape index (κ3) is 9.71. The molecule has 6 aromatic rings. The van der Waals surface area contributed by atoms with E-state index in [9.17, 15) is 9.59 Å². The van der Waals surface area contributed by atoms with Gasteiger partial charge in [-0.05, 0) is 107 Å². The number of ether oxygens (including phenoxy) is 5. The van der Waals surface area contributed by atoms with E-state index in [0.29, 0.717) is 35.5 Å². The van der Waals surface area contributed by atoms with Gasteiger partial charge < -0.3 is 32.8 Å². The van der Waals surface area contributed by atoms with E-state index in [1.807, 2.05) is 50.2 Å². The van der Waals surface area contributed by atoms with Crippen molar-refractivity contribution < 1.29 is 32.5 Å². The second kappa shape index (κ2) is 18.8. The molecule has 0 spiro atoms. The van der Waals surface area contributed by atoms with E-state index in [2.05, 4.69) is 13.2 Å². The molecule has 59 heavy (non-hydrogen) atoms. The van der Waals surface area contributed by atoms with Gasteiger partial charge >= 0.3 is 0 Å². The molecule has 4 aromatic carbocycles. The summed E-state index contributed by atoms with van der Waals surface area (Å²) in [6, 6.07) is 26.9. The fourth-order valence-electron chi connectivity index (χ4n) is 7.25. The summed E-state index contributed by atoms with van der Waals surface area (Å²) in [5, 5.41) is 1.76. The summed E-state index contributed by atoms with van der Waals surface area (Å²) in [5.74, 6) is -0.409. The Morgan fingerprint density at radius 2 is 1.02 bits per heavy atom. The van der Waals surface area contributed by atoms with E-state index in [-0.39, 0.29) is 50.8 Å². The molecule has 11 heteroatoms. The van der Waals surface area contributed by atoms with Crippen molar-refractivity contribution in [3.8, 4) is 11.5 Å². The number of nitrogens with zero attached hydrogens (tertiary/aromatic N) is 2. The number of rotatable bonds is 20. The maximum absolute atomic E-state index is 15.4. The van der Waals surface area contributed by atoms with Gasteiger partial charge in [-0.1, -0.05) is 38.1 Å². The van der Waals surface area contributed by atoms with Crippen molar-refractivity contribution in [2.24, 2.45) is 14.1 Å². The minimum Gasteiger partial charge on any atom is -0.489 e. The molecule has 2 aromatic heterocycles. The van der Waals surface area contributed by atoms with E-state index in [4.69, 9.17) is 23.7 Å². The number of hydrogen-bond donors (Lipinski definition) is 0. The molecule has 0 saturated carbocycles. The topological polar surface area (TPSA) is 90.2 Å². The normalized spacial score (nSPS) is 13.5. The molecule has 0 amide bonds. The van der Waals surface area contributed by atoms with Crippen molar-refractivity contribution in [3.63, 3.8) is 0 Å². The average molecular weight is 805 g/mol. The Morgan fingerprint density at radius 1 is 0.593 bits per heavy atom. The number of benzene rings is 4. The van der Waals surface area contributed by atoms with Crippen LogP contribution in [0.1, 0.15) is 48.9 Å². The summed E-state index contributed by atoms with van der Waals surface area (Å²) < 4.78 is 65.5. The SMILES string of the molecule is C=CCOC(CC)(COCC(CC)(OCC=C)c1cc(F)cc(OCc2ccc3c(ccc(=O)n3C)c2)c1)c1cc(F)cc(OCc2ccc3c(ccc(=O)n3C)c2)c1. The van der Waals surface area contributed by atoms with Gasteiger partial charge in [0.1, 0.15) is 47.5 Å². The zero-order valence-corrected chi connectivity index (χ0v) is 34.0. The van der Waals surface area contributed by atoms with Crippen molar-refractivity contribution in [3.05, 3.63) is 177 Å². The molecule has 2 heterocycles. The smallest absolute Gasteiger partial charge is 0.250 e. The number of halogens is 2. The van der Waals surface area contributed by atoms with Gasteiger partial charge in [0.05, 0.1) is 37.5 Å². The van der Waals surface area contributed by atoms with Crippen LogP contribution in [0.3, 0.4) is 0 Å². The van der Waals surface area contributed by atoms with Crippen LogP contribution in [0.5, 0.6) is 11.5 Å². The molecule has 308 valence electrons. The maximum atomic E-state index is 15.4. The molecule has 0 saturated heterocycles. The minimum absolute atomic E-state index is 0.00490. The van der Waals surface area contributed by atoms with Crippen LogP contribution in [0.15, 0.2) is 132 Å².